The molecule has 1 aromatic rings. The predicted molar refractivity (Wildman–Crippen MR) is 72.9 cm³/mol. The monoisotopic (exact) mass is 299 g/mol. The van der Waals surface area contributed by atoms with Crippen molar-refractivity contribution in [1.29, 1.82) is 0 Å². The Hall–Kier alpha value is -1.47. The summed E-state index contributed by atoms with van der Waals surface area (Å²) in [5.74, 6) is 0. The van der Waals surface area contributed by atoms with Gasteiger partial charge in [-0.1, -0.05) is 25.7 Å². The third kappa shape index (κ3) is 3.77. The molecule has 1 aliphatic rings. The molecule has 6 nitrogen and oxygen atoms in total. The minimum absolute atomic E-state index is 0.0349. The standard InChI is InChI=1S/C13H17NO5S/c15-14(16)11-7-9-13(10-8-11)20(17,18)19-12-5-3-1-2-4-6-12/h7-10,12H,1-6H2. The Kier molecular flexibility index (Phi) is 4.72. The van der Waals surface area contributed by atoms with Crippen molar-refractivity contribution in [1.82, 2.24) is 0 Å². The normalized spacial score (nSPS) is 17.6. The fraction of sp³-hybridized carbons (Fsp3) is 0.538. The van der Waals surface area contributed by atoms with E-state index < -0.39 is 15.0 Å². The van der Waals surface area contributed by atoms with Crippen molar-refractivity contribution < 1.29 is 17.5 Å². The maximum absolute atomic E-state index is 12.1. The van der Waals surface area contributed by atoms with Crippen molar-refractivity contribution in [2.24, 2.45) is 0 Å². The van der Waals surface area contributed by atoms with Crippen LogP contribution in [0, 0.1) is 10.1 Å². The van der Waals surface area contributed by atoms with Gasteiger partial charge in [0.2, 0.25) is 0 Å². The Morgan fingerprint density at radius 3 is 2.10 bits per heavy atom. The van der Waals surface area contributed by atoms with Crippen molar-refractivity contribution in [2.45, 2.75) is 49.5 Å². The summed E-state index contributed by atoms with van der Waals surface area (Å²) in [4.78, 5) is 9.94. The van der Waals surface area contributed by atoms with E-state index in [1.165, 1.54) is 24.3 Å². The number of nitro groups is 1. The highest BCUT2D eigenvalue weighted by atomic mass is 32.2. The van der Waals surface area contributed by atoms with Crippen LogP contribution >= 0.6 is 0 Å². The molecule has 2 rings (SSSR count). The second-order valence-corrected chi connectivity index (χ2v) is 6.49. The van der Waals surface area contributed by atoms with E-state index in [0.29, 0.717) is 0 Å². The van der Waals surface area contributed by atoms with Crippen LogP contribution in [-0.4, -0.2) is 19.4 Å². The average Bonchev–Trinajstić information content (AvgIpc) is 2.67. The summed E-state index contributed by atoms with van der Waals surface area (Å²) in [5, 5.41) is 10.5. The summed E-state index contributed by atoms with van der Waals surface area (Å²) in [7, 11) is -3.84. The van der Waals surface area contributed by atoms with Gasteiger partial charge in [-0.2, -0.15) is 8.42 Å². The third-order valence-electron chi connectivity index (χ3n) is 3.40. The summed E-state index contributed by atoms with van der Waals surface area (Å²) < 4.78 is 29.5. The molecule has 0 heterocycles. The highest BCUT2D eigenvalue weighted by Gasteiger charge is 2.23. The van der Waals surface area contributed by atoms with E-state index in [1.807, 2.05) is 0 Å². The smallest absolute Gasteiger partial charge is 0.263 e. The fourth-order valence-corrected chi connectivity index (χ4v) is 3.44. The molecule has 110 valence electrons. The van der Waals surface area contributed by atoms with E-state index >= 15 is 0 Å². The zero-order chi connectivity index (χ0) is 14.6. The third-order valence-corrected chi connectivity index (χ3v) is 4.78. The molecule has 0 N–H and O–H groups in total. The molecule has 1 fully saturated rings. The lowest BCUT2D eigenvalue weighted by molar-refractivity contribution is -0.384. The SMILES string of the molecule is O=[N+]([O-])c1ccc(S(=O)(=O)OC2CCCCCC2)cc1. The van der Waals surface area contributed by atoms with Crippen LogP contribution in [0.1, 0.15) is 38.5 Å². The van der Waals surface area contributed by atoms with Crippen LogP contribution in [0.15, 0.2) is 29.2 Å². The summed E-state index contributed by atoms with van der Waals surface area (Å²) in [5.41, 5.74) is -0.140. The molecule has 0 aromatic heterocycles. The minimum atomic E-state index is -3.84. The number of nitro benzene ring substituents is 1. The van der Waals surface area contributed by atoms with E-state index in [-0.39, 0.29) is 16.7 Å². The molecule has 1 saturated carbocycles. The molecule has 7 heteroatoms. The van der Waals surface area contributed by atoms with Crippen molar-refractivity contribution in [3.05, 3.63) is 34.4 Å². The van der Waals surface area contributed by atoms with Gasteiger partial charge < -0.3 is 0 Å². The first-order chi connectivity index (χ1) is 9.49. The first-order valence-electron chi connectivity index (χ1n) is 6.67. The Balaban J connectivity index is 2.10. The number of hydrogen-bond acceptors (Lipinski definition) is 5. The molecule has 0 radical (unpaired) electrons. The van der Waals surface area contributed by atoms with Crippen molar-refractivity contribution in [2.75, 3.05) is 0 Å². The lowest BCUT2D eigenvalue weighted by atomic mass is 10.2. The first-order valence-corrected chi connectivity index (χ1v) is 8.07. The molecule has 0 unspecified atom stereocenters. The lowest BCUT2D eigenvalue weighted by Crippen LogP contribution is -2.18. The Bertz CT molecular complexity index is 559. The summed E-state index contributed by atoms with van der Waals surface area (Å²) in [6.07, 6.45) is 5.37. The molecule has 0 aliphatic heterocycles. The van der Waals surface area contributed by atoms with Gasteiger partial charge in [0.25, 0.3) is 15.8 Å². The Morgan fingerprint density at radius 2 is 1.60 bits per heavy atom. The predicted octanol–water partition coefficient (Wildman–Crippen LogP) is 3.02. The molecule has 0 atom stereocenters. The number of rotatable bonds is 4. The Morgan fingerprint density at radius 1 is 1.05 bits per heavy atom. The van der Waals surface area contributed by atoms with Crippen LogP contribution in [0.3, 0.4) is 0 Å². The number of nitrogens with zero attached hydrogens (tertiary/aromatic N) is 1. The highest BCUT2D eigenvalue weighted by Crippen LogP contribution is 2.25. The van der Waals surface area contributed by atoms with E-state index in [9.17, 15) is 18.5 Å². The zero-order valence-corrected chi connectivity index (χ0v) is 11.8. The minimum Gasteiger partial charge on any atom is -0.263 e. The molecule has 20 heavy (non-hydrogen) atoms. The van der Waals surface area contributed by atoms with Crippen LogP contribution in [0.25, 0.3) is 0 Å². The van der Waals surface area contributed by atoms with Gasteiger partial charge in [0.15, 0.2) is 0 Å². The van der Waals surface area contributed by atoms with Crippen molar-refractivity contribution in [3.8, 4) is 0 Å². The number of benzene rings is 1. The average molecular weight is 299 g/mol. The van der Waals surface area contributed by atoms with E-state index in [0.717, 1.165) is 38.5 Å². The van der Waals surface area contributed by atoms with Crippen LogP contribution in [0.5, 0.6) is 0 Å². The van der Waals surface area contributed by atoms with Gasteiger partial charge in [-0.25, -0.2) is 0 Å². The molecule has 0 spiro atoms. The largest absolute Gasteiger partial charge is 0.297 e. The quantitative estimate of drug-likeness (QED) is 0.369. The molecule has 0 saturated heterocycles. The van der Waals surface area contributed by atoms with Gasteiger partial charge in [0.05, 0.1) is 15.9 Å². The maximum Gasteiger partial charge on any atom is 0.297 e. The second kappa shape index (κ2) is 6.32. The van der Waals surface area contributed by atoms with Crippen LogP contribution in [0.4, 0.5) is 5.69 Å². The van der Waals surface area contributed by atoms with Crippen LogP contribution in [-0.2, 0) is 14.3 Å². The lowest BCUT2D eigenvalue weighted by Gasteiger charge is -2.14. The van der Waals surface area contributed by atoms with Crippen LogP contribution < -0.4 is 0 Å². The molecule has 1 aliphatic carbocycles. The number of hydrogen-bond donors (Lipinski definition) is 0. The molecule has 1 aromatic carbocycles. The van der Waals surface area contributed by atoms with Crippen molar-refractivity contribution >= 4 is 15.8 Å². The number of non-ortho nitro benzene ring substituents is 1. The van der Waals surface area contributed by atoms with Gasteiger partial charge in [-0.15, -0.1) is 0 Å². The molecule has 0 bridgehead atoms. The van der Waals surface area contributed by atoms with E-state index in [2.05, 4.69) is 0 Å². The van der Waals surface area contributed by atoms with Gasteiger partial charge in [0, 0.05) is 12.1 Å². The summed E-state index contributed by atoms with van der Waals surface area (Å²) >= 11 is 0. The molecular weight excluding hydrogens is 282 g/mol. The van der Waals surface area contributed by atoms with Gasteiger partial charge in [0.1, 0.15) is 0 Å². The van der Waals surface area contributed by atoms with Crippen LogP contribution in [0.2, 0.25) is 0 Å². The van der Waals surface area contributed by atoms with Gasteiger partial charge in [-0.3, -0.25) is 14.3 Å². The summed E-state index contributed by atoms with van der Waals surface area (Å²) in [6, 6.07) is 4.76. The second-order valence-electron chi connectivity index (χ2n) is 4.91. The van der Waals surface area contributed by atoms with E-state index in [4.69, 9.17) is 4.18 Å². The fourth-order valence-electron chi connectivity index (χ4n) is 2.31. The molecular formula is C13H17NO5S. The Labute approximate surface area is 118 Å². The summed E-state index contributed by atoms with van der Waals surface area (Å²) in [6.45, 7) is 0. The first kappa shape index (κ1) is 14.9. The van der Waals surface area contributed by atoms with E-state index in [1.54, 1.807) is 0 Å². The maximum atomic E-state index is 12.1. The van der Waals surface area contributed by atoms with Gasteiger partial charge >= 0.3 is 0 Å². The zero-order valence-electron chi connectivity index (χ0n) is 11.0. The molecule has 0 amide bonds. The van der Waals surface area contributed by atoms with Gasteiger partial charge in [-0.05, 0) is 25.0 Å². The highest BCUT2D eigenvalue weighted by molar-refractivity contribution is 7.86. The topological polar surface area (TPSA) is 86.5 Å². The van der Waals surface area contributed by atoms with Crippen molar-refractivity contribution in [3.63, 3.8) is 0 Å².